The van der Waals surface area contributed by atoms with E-state index in [1.807, 2.05) is 24.3 Å². The van der Waals surface area contributed by atoms with Gasteiger partial charge in [-0.3, -0.25) is 4.79 Å². The number of carbonyl (C=O) groups is 1. The summed E-state index contributed by atoms with van der Waals surface area (Å²) in [4.78, 5) is 12.9. The van der Waals surface area contributed by atoms with Gasteiger partial charge in [-0.1, -0.05) is 30.4 Å². The lowest BCUT2D eigenvalue weighted by Gasteiger charge is -2.44. The quantitative estimate of drug-likeness (QED) is 0.737. The van der Waals surface area contributed by atoms with E-state index in [0.29, 0.717) is 13.2 Å². The molecule has 2 aromatic rings. The number of phenols is 1. The van der Waals surface area contributed by atoms with Gasteiger partial charge < -0.3 is 19.9 Å². The van der Waals surface area contributed by atoms with Gasteiger partial charge in [0.05, 0.1) is 19.3 Å². The highest BCUT2D eigenvalue weighted by Crippen LogP contribution is 2.45. The van der Waals surface area contributed by atoms with Crippen LogP contribution in [0, 0.1) is 5.92 Å². The second-order valence-corrected chi connectivity index (χ2v) is 8.60. The van der Waals surface area contributed by atoms with E-state index in [1.165, 1.54) is 0 Å². The Morgan fingerprint density at radius 3 is 2.43 bits per heavy atom. The number of benzene rings is 2. The first-order valence-corrected chi connectivity index (χ1v) is 10.8. The van der Waals surface area contributed by atoms with Crippen molar-refractivity contribution in [3.8, 4) is 22.6 Å². The standard InChI is InChI=1S/C25H27NO4/c27-20-8-5-17(6-9-20)19-7-10-23-21(15-19)22(26-24(28)18-3-1-2-4-18)16-25(30-23)11-13-29-14-12-25/h1-2,5-10,15,18,22,27H,3-4,11-14,16H2,(H,26,28). The minimum absolute atomic E-state index is 0.0298. The number of allylic oxidation sites excluding steroid dienone is 2. The lowest BCUT2D eigenvalue weighted by molar-refractivity contribution is -0.126. The average molecular weight is 405 g/mol. The lowest BCUT2D eigenvalue weighted by atomic mass is 9.81. The molecule has 2 N–H and O–H groups in total. The van der Waals surface area contributed by atoms with Crippen molar-refractivity contribution in [3.63, 3.8) is 0 Å². The molecule has 30 heavy (non-hydrogen) atoms. The van der Waals surface area contributed by atoms with Crippen LogP contribution >= 0.6 is 0 Å². The molecule has 1 spiro atoms. The summed E-state index contributed by atoms with van der Waals surface area (Å²) in [5.74, 6) is 1.25. The molecule has 5 nitrogen and oxygen atoms in total. The zero-order valence-corrected chi connectivity index (χ0v) is 17.0. The first-order chi connectivity index (χ1) is 14.6. The Labute approximate surface area is 176 Å². The van der Waals surface area contributed by atoms with Crippen LogP contribution in [0.25, 0.3) is 11.1 Å². The van der Waals surface area contributed by atoms with Crippen molar-refractivity contribution in [1.29, 1.82) is 0 Å². The number of hydrogen-bond acceptors (Lipinski definition) is 4. The summed E-state index contributed by atoms with van der Waals surface area (Å²) in [6, 6.07) is 13.3. The molecular weight excluding hydrogens is 378 g/mol. The molecule has 1 atom stereocenters. The van der Waals surface area contributed by atoms with Crippen LogP contribution in [-0.4, -0.2) is 29.8 Å². The summed E-state index contributed by atoms with van der Waals surface area (Å²) >= 11 is 0. The number of rotatable bonds is 3. The van der Waals surface area contributed by atoms with Crippen LogP contribution in [-0.2, 0) is 9.53 Å². The molecule has 5 heteroatoms. The van der Waals surface area contributed by atoms with Crippen LogP contribution in [0.2, 0.25) is 0 Å². The van der Waals surface area contributed by atoms with Gasteiger partial charge >= 0.3 is 0 Å². The highest BCUT2D eigenvalue weighted by atomic mass is 16.5. The maximum absolute atomic E-state index is 12.9. The predicted molar refractivity (Wildman–Crippen MR) is 114 cm³/mol. The lowest BCUT2D eigenvalue weighted by Crippen LogP contribution is -2.49. The van der Waals surface area contributed by atoms with Crippen LogP contribution in [0.5, 0.6) is 11.5 Å². The van der Waals surface area contributed by atoms with Gasteiger partial charge in [0, 0.05) is 30.7 Å². The van der Waals surface area contributed by atoms with Crippen molar-refractivity contribution >= 4 is 5.91 Å². The summed E-state index contributed by atoms with van der Waals surface area (Å²) in [6.07, 6.45) is 8.24. The molecule has 2 aromatic carbocycles. The van der Waals surface area contributed by atoms with Crippen LogP contribution in [0.1, 0.15) is 43.7 Å². The fraction of sp³-hybridized carbons (Fsp3) is 0.400. The Bertz CT molecular complexity index is 952. The third-order valence-corrected chi connectivity index (χ3v) is 6.59. The molecule has 1 unspecified atom stereocenters. The van der Waals surface area contributed by atoms with Crippen molar-refractivity contribution in [3.05, 3.63) is 60.2 Å². The van der Waals surface area contributed by atoms with Gasteiger partial charge in [-0.15, -0.1) is 0 Å². The highest BCUT2D eigenvalue weighted by molar-refractivity contribution is 5.80. The van der Waals surface area contributed by atoms with E-state index in [2.05, 4.69) is 23.5 Å². The van der Waals surface area contributed by atoms with Crippen molar-refractivity contribution in [1.82, 2.24) is 5.32 Å². The summed E-state index contributed by atoms with van der Waals surface area (Å²) in [5, 5.41) is 12.9. The minimum Gasteiger partial charge on any atom is -0.508 e. The van der Waals surface area contributed by atoms with Crippen LogP contribution in [0.4, 0.5) is 0 Å². The Morgan fingerprint density at radius 1 is 1.00 bits per heavy atom. The molecule has 0 aromatic heterocycles. The Morgan fingerprint density at radius 2 is 1.70 bits per heavy atom. The molecular formula is C25H27NO4. The zero-order valence-electron chi connectivity index (χ0n) is 17.0. The number of phenolic OH excluding ortho intramolecular Hbond substituents is 1. The largest absolute Gasteiger partial charge is 0.508 e. The van der Waals surface area contributed by atoms with E-state index < -0.39 is 0 Å². The normalized spacial score (nSPS) is 22.5. The number of ether oxygens (including phenoxy) is 2. The number of hydrogen-bond donors (Lipinski definition) is 2. The van der Waals surface area contributed by atoms with Gasteiger partial charge in [0.1, 0.15) is 17.1 Å². The molecule has 5 rings (SSSR count). The summed E-state index contributed by atoms with van der Waals surface area (Å²) in [7, 11) is 0. The van der Waals surface area contributed by atoms with Crippen LogP contribution in [0.15, 0.2) is 54.6 Å². The third kappa shape index (κ3) is 3.70. The van der Waals surface area contributed by atoms with Gasteiger partial charge in [-0.2, -0.15) is 0 Å². The molecule has 1 saturated heterocycles. The summed E-state index contributed by atoms with van der Waals surface area (Å²) in [5.41, 5.74) is 2.81. The summed E-state index contributed by atoms with van der Waals surface area (Å²) < 4.78 is 12.1. The summed E-state index contributed by atoms with van der Waals surface area (Å²) in [6.45, 7) is 1.38. The van der Waals surface area contributed by atoms with Crippen molar-refractivity contribution in [2.45, 2.75) is 43.7 Å². The predicted octanol–water partition coefficient (Wildman–Crippen LogP) is 4.51. The smallest absolute Gasteiger partial charge is 0.224 e. The Hall–Kier alpha value is -2.79. The van der Waals surface area contributed by atoms with E-state index >= 15 is 0 Å². The monoisotopic (exact) mass is 405 g/mol. The molecule has 0 radical (unpaired) electrons. The minimum atomic E-state index is -0.281. The second kappa shape index (κ2) is 7.80. The number of nitrogens with one attached hydrogen (secondary N) is 1. The second-order valence-electron chi connectivity index (χ2n) is 8.60. The Kier molecular flexibility index (Phi) is 4.99. The number of fused-ring (bicyclic) bond motifs is 1. The number of carbonyl (C=O) groups excluding carboxylic acids is 1. The molecule has 0 saturated carbocycles. The van der Waals surface area contributed by atoms with Crippen molar-refractivity contribution in [2.24, 2.45) is 5.92 Å². The van der Waals surface area contributed by atoms with E-state index in [1.54, 1.807) is 12.1 Å². The van der Waals surface area contributed by atoms with Gasteiger partial charge in [0.15, 0.2) is 0 Å². The maximum Gasteiger partial charge on any atom is 0.224 e. The van der Waals surface area contributed by atoms with Gasteiger partial charge in [-0.25, -0.2) is 0 Å². The molecule has 1 amide bonds. The van der Waals surface area contributed by atoms with Crippen molar-refractivity contribution in [2.75, 3.05) is 13.2 Å². The topological polar surface area (TPSA) is 67.8 Å². The van der Waals surface area contributed by atoms with Crippen molar-refractivity contribution < 1.29 is 19.4 Å². The molecule has 156 valence electrons. The third-order valence-electron chi connectivity index (χ3n) is 6.59. The SMILES string of the molecule is O=C(NC1CC2(CCOCC2)Oc2ccc(-c3ccc(O)cc3)cc21)C1CC=CC1. The first kappa shape index (κ1) is 19.2. The van der Waals surface area contributed by atoms with Gasteiger partial charge in [0.2, 0.25) is 5.91 Å². The molecule has 3 aliphatic rings. The molecule has 2 heterocycles. The fourth-order valence-corrected chi connectivity index (χ4v) is 4.80. The number of aromatic hydroxyl groups is 1. The van der Waals surface area contributed by atoms with E-state index in [9.17, 15) is 9.90 Å². The molecule has 0 bridgehead atoms. The fourth-order valence-electron chi connectivity index (χ4n) is 4.80. The van der Waals surface area contributed by atoms with Gasteiger partial charge in [0.25, 0.3) is 0 Å². The van der Waals surface area contributed by atoms with Crippen LogP contribution < -0.4 is 10.1 Å². The maximum atomic E-state index is 12.9. The molecule has 2 aliphatic heterocycles. The first-order valence-electron chi connectivity index (χ1n) is 10.8. The molecule has 1 aliphatic carbocycles. The average Bonchev–Trinajstić information content (AvgIpc) is 3.30. The van der Waals surface area contributed by atoms with Gasteiger partial charge in [-0.05, 0) is 48.2 Å². The highest BCUT2D eigenvalue weighted by Gasteiger charge is 2.43. The van der Waals surface area contributed by atoms with E-state index in [-0.39, 0.29) is 29.2 Å². The van der Waals surface area contributed by atoms with E-state index in [4.69, 9.17) is 9.47 Å². The van der Waals surface area contributed by atoms with E-state index in [0.717, 1.165) is 54.5 Å². The Balaban J connectivity index is 1.48. The molecule has 1 fully saturated rings. The van der Waals surface area contributed by atoms with Crippen LogP contribution in [0.3, 0.4) is 0 Å². The number of amides is 1. The zero-order chi connectivity index (χ0) is 20.6.